The van der Waals surface area contributed by atoms with E-state index >= 15 is 0 Å². The number of carbonyl (C=O) groups excluding carboxylic acids is 1. The number of nitrogens with zero attached hydrogens (tertiary/aromatic N) is 1. The molecule has 0 aliphatic carbocycles. The second kappa shape index (κ2) is 9.66. The fourth-order valence-electron chi connectivity index (χ4n) is 3.10. The monoisotopic (exact) mass is 381 g/mol. The van der Waals surface area contributed by atoms with Crippen molar-refractivity contribution in [3.8, 4) is 0 Å². The Labute approximate surface area is 161 Å². The predicted octanol–water partition coefficient (Wildman–Crippen LogP) is 4.02. The summed E-state index contributed by atoms with van der Waals surface area (Å²) in [5, 5.41) is 3.07. The Morgan fingerprint density at radius 1 is 1.12 bits per heavy atom. The van der Waals surface area contributed by atoms with Gasteiger partial charge in [0.2, 0.25) is 5.91 Å². The highest BCUT2D eigenvalue weighted by atomic mass is 35.5. The van der Waals surface area contributed by atoms with Crippen molar-refractivity contribution in [2.75, 3.05) is 17.6 Å². The second-order valence-corrected chi connectivity index (χ2v) is 6.12. The van der Waals surface area contributed by atoms with Gasteiger partial charge in [0, 0.05) is 24.5 Å². The first-order chi connectivity index (χ1) is 11.2. The maximum atomic E-state index is 12.3. The molecule has 0 saturated heterocycles. The summed E-state index contributed by atoms with van der Waals surface area (Å²) in [7, 11) is 0. The van der Waals surface area contributed by atoms with Gasteiger partial charge in [0.25, 0.3) is 0 Å². The molecule has 4 nitrogen and oxygen atoms in total. The molecule has 136 valence electrons. The van der Waals surface area contributed by atoms with Crippen LogP contribution in [0.5, 0.6) is 0 Å². The van der Waals surface area contributed by atoms with Crippen LogP contribution < -0.4 is 11.1 Å². The molecule has 6 heteroatoms. The Bertz CT molecular complexity index is 704. The van der Waals surface area contributed by atoms with E-state index in [-0.39, 0.29) is 30.7 Å². The fraction of sp³-hybridized carbons (Fsp3) is 0.316. The van der Waals surface area contributed by atoms with Crippen LogP contribution in [0.3, 0.4) is 0 Å². The Kier molecular flexibility index (Phi) is 8.23. The SMILES string of the molecule is CCCN1Cc2cccc(NC(=O)Cc3ccc(N)cc3)c2C1.Cl.Cl. The number of fused-ring (bicyclic) bond motifs is 1. The van der Waals surface area contributed by atoms with Gasteiger partial charge in [-0.2, -0.15) is 0 Å². The highest BCUT2D eigenvalue weighted by molar-refractivity contribution is 5.93. The van der Waals surface area contributed by atoms with Crippen molar-refractivity contribution >= 4 is 42.1 Å². The smallest absolute Gasteiger partial charge is 0.228 e. The first kappa shape index (κ1) is 21.3. The molecular weight excluding hydrogens is 357 g/mol. The summed E-state index contributed by atoms with van der Waals surface area (Å²) < 4.78 is 0. The fourth-order valence-corrected chi connectivity index (χ4v) is 3.10. The van der Waals surface area contributed by atoms with Crippen molar-refractivity contribution in [2.24, 2.45) is 0 Å². The average Bonchev–Trinajstić information content (AvgIpc) is 2.94. The van der Waals surface area contributed by atoms with E-state index in [1.54, 1.807) is 0 Å². The quantitative estimate of drug-likeness (QED) is 0.768. The molecule has 0 fully saturated rings. The Balaban J connectivity index is 0.00000156. The van der Waals surface area contributed by atoms with Gasteiger partial charge < -0.3 is 11.1 Å². The van der Waals surface area contributed by atoms with Gasteiger partial charge in [-0.25, -0.2) is 0 Å². The molecule has 3 N–H and O–H groups in total. The summed E-state index contributed by atoms with van der Waals surface area (Å²) in [6.07, 6.45) is 1.51. The molecule has 0 aromatic heterocycles. The third kappa shape index (κ3) is 5.36. The highest BCUT2D eigenvalue weighted by Gasteiger charge is 2.21. The van der Waals surface area contributed by atoms with Gasteiger partial charge in [-0.05, 0) is 47.9 Å². The lowest BCUT2D eigenvalue weighted by molar-refractivity contribution is -0.115. The molecule has 2 aromatic carbocycles. The summed E-state index contributed by atoms with van der Waals surface area (Å²) in [5.41, 5.74) is 10.9. The second-order valence-electron chi connectivity index (χ2n) is 6.12. The number of nitrogen functional groups attached to an aromatic ring is 1. The maximum Gasteiger partial charge on any atom is 0.228 e. The summed E-state index contributed by atoms with van der Waals surface area (Å²) in [6, 6.07) is 13.6. The first-order valence-electron chi connectivity index (χ1n) is 8.13. The minimum atomic E-state index is 0. The van der Waals surface area contributed by atoms with Gasteiger partial charge >= 0.3 is 0 Å². The predicted molar refractivity (Wildman–Crippen MR) is 109 cm³/mol. The van der Waals surface area contributed by atoms with Crippen LogP contribution in [-0.2, 0) is 24.3 Å². The van der Waals surface area contributed by atoms with Gasteiger partial charge in [0.05, 0.1) is 6.42 Å². The Morgan fingerprint density at radius 3 is 2.52 bits per heavy atom. The zero-order valence-corrected chi connectivity index (χ0v) is 16.0. The lowest BCUT2D eigenvalue weighted by atomic mass is 10.1. The van der Waals surface area contributed by atoms with Crippen molar-refractivity contribution in [3.63, 3.8) is 0 Å². The van der Waals surface area contributed by atoms with Gasteiger partial charge in [-0.1, -0.05) is 31.2 Å². The minimum absolute atomic E-state index is 0. The molecule has 2 aromatic rings. The number of hydrogen-bond acceptors (Lipinski definition) is 3. The molecule has 3 rings (SSSR count). The standard InChI is InChI=1S/C19H23N3O.2ClH/c1-2-10-22-12-15-4-3-5-18(17(15)13-22)21-19(23)11-14-6-8-16(20)9-7-14;;/h3-9H,2,10-13,20H2,1H3,(H,21,23);2*1H. The molecule has 0 unspecified atom stereocenters. The average molecular weight is 382 g/mol. The Morgan fingerprint density at radius 2 is 1.84 bits per heavy atom. The van der Waals surface area contributed by atoms with Gasteiger partial charge in [-0.15, -0.1) is 24.8 Å². The van der Waals surface area contributed by atoms with Gasteiger partial charge in [0.1, 0.15) is 0 Å². The number of hydrogen-bond donors (Lipinski definition) is 2. The van der Waals surface area contributed by atoms with E-state index in [0.29, 0.717) is 12.1 Å². The third-order valence-electron chi connectivity index (χ3n) is 4.21. The number of halogens is 2. The van der Waals surface area contributed by atoms with Crippen LogP contribution in [0.15, 0.2) is 42.5 Å². The van der Waals surface area contributed by atoms with Crippen molar-refractivity contribution in [1.29, 1.82) is 0 Å². The molecular formula is C19H25Cl2N3O. The zero-order chi connectivity index (χ0) is 16.2. The van der Waals surface area contributed by atoms with Crippen LogP contribution in [0.2, 0.25) is 0 Å². The van der Waals surface area contributed by atoms with Crippen molar-refractivity contribution in [1.82, 2.24) is 4.90 Å². The van der Waals surface area contributed by atoms with E-state index < -0.39 is 0 Å². The normalized spacial score (nSPS) is 12.7. The molecule has 0 radical (unpaired) electrons. The van der Waals surface area contributed by atoms with Crippen LogP contribution >= 0.6 is 24.8 Å². The van der Waals surface area contributed by atoms with Crippen molar-refractivity contribution < 1.29 is 4.79 Å². The number of benzene rings is 2. The van der Waals surface area contributed by atoms with Crippen LogP contribution in [0.4, 0.5) is 11.4 Å². The molecule has 1 heterocycles. The molecule has 1 aliphatic heterocycles. The molecule has 1 amide bonds. The number of amides is 1. The topological polar surface area (TPSA) is 58.4 Å². The van der Waals surface area contributed by atoms with E-state index in [9.17, 15) is 4.79 Å². The lowest BCUT2D eigenvalue weighted by Crippen LogP contribution is -2.18. The van der Waals surface area contributed by atoms with Crippen molar-refractivity contribution in [2.45, 2.75) is 32.9 Å². The summed E-state index contributed by atoms with van der Waals surface area (Å²) in [4.78, 5) is 14.7. The number of nitrogens with one attached hydrogen (secondary N) is 1. The summed E-state index contributed by atoms with van der Waals surface area (Å²) in [6.45, 7) is 5.18. The largest absolute Gasteiger partial charge is 0.399 e. The highest BCUT2D eigenvalue weighted by Crippen LogP contribution is 2.29. The number of nitrogens with two attached hydrogens (primary N) is 1. The molecule has 0 bridgehead atoms. The van der Waals surface area contributed by atoms with E-state index in [2.05, 4.69) is 23.2 Å². The number of carbonyl (C=O) groups is 1. The summed E-state index contributed by atoms with van der Waals surface area (Å²) >= 11 is 0. The lowest BCUT2D eigenvalue weighted by Gasteiger charge is -2.13. The van der Waals surface area contributed by atoms with E-state index in [1.807, 2.05) is 36.4 Å². The van der Waals surface area contributed by atoms with Crippen LogP contribution in [0.25, 0.3) is 0 Å². The number of rotatable bonds is 5. The third-order valence-corrected chi connectivity index (χ3v) is 4.21. The van der Waals surface area contributed by atoms with E-state index in [1.165, 1.54) is 11.1 Å². The van der Waals surface area contributed by atoms with Crippen LogP contribution in [0.1, 0.15) is 30.0 Å². The molecule has 0 saturated carbocycles. The Hall–Kier alpha value is -1.75. The molecule has 25 heavy (non-hydrogen) atoms. The zero-order valence-electron chi connectivity index (χ0n) is 14.3. The van der Waals surface area contributed by atoms with Crippen molar-refractivity contribution in [3.05, 3.63) is 59.2 Å². The maximum absolute atomic E-state index is 12.3. The number of anilines is 2. The molecule has 1 aliphatic rings. The van der Waals surface area contributed by atoms with E-state index in [4.69, 9.17) is 5.73 Å². The minimum Gasteiger partial charge on any atom is -0.399 e. The van der Waals surface area contributed by atoms with Crippen LogP contribution in [-0.4, -0.2) is 17.4 Å². The summed E-state index contributed by atoms with van der Waals surface area (Å²) in [5.74, 6) is 0.0112. The van der Waals surface area contributed by atoms with Gasteiger partial charge in [-0.3, -0.25) is 9.69 Å². The molecule has 0 spiro atoms. The van der Waals surface area contributed by atoms with E-state index in [0.717, 1.165) is 37.3 Å². The van der Waals surface area contributed by atoms with Crippen LogP contribution in [0, 0.1) is 0 Å². The van der Waals surface area contributed by atoms with Gasteiger partial charge in [0.15, 0.2) is 0 Å². The molecule has 0 atom stereocenters. The first-order valence-corrected chi connectivity index (χ1v) is 8.13.